The largest absolute Gasteiger partial charge is 0.439 e. The molecule has 0 atom stereocenters. The van der Waals surface area contributed by atoms with Gasteiger partial charge in [-0.3, -0.25) is 0 Å². The number of rotatable bonds is 4. The fourth-order valence-electron chi connectivity index (χ4n) is 1.63. The van der Waals surface area contributed by atoms with Gasteiger partial charge in [-0.1, -0.05) is 32.4 Å². The van der Waals surface area contributed by atoms with E-state index >= 15 is 0 Å². The van der Waals surface area contributed by atoms with E-state index in [0.717, 1.165) is 34.1 Å². The van der Waals surface area contributed by atoms with Crippen LogP contribution in [0.4, 0.5) is 0 Å². The molecule has 2 rings (SSSR count). The van der Waals surface area contributed by atoms with Crippen molar-refractivity contribution in [1.82, 2.24) is 4.98 Å². The molecule has 0 amide bonds. The van der Waals surface area contributed by atoms with Crippen molar-refractivity contribution in [2.24, 2.45) is 0 Å². The molecule has 0 N–H and O–H groups in total. The van der Waals surface area contributed by atoms with Crippen molar-refractivity contribution in [3.63, 3.8) is 0 Å². The smallest absolute Gasteiger partial charge is 0.200 e. The van der Waals surface area contributed by atoms with Gasteiger partial charge in [0.05, 0.1) is 9.92 Å². The molecule has 0 saturated heterocycles. The van der Waals surface area contributed by atoms with Gasteiger partial charge in [0.15, 0.2) is 5.58 Å². The summed E-state index contributed by atoms with van der Waals surface area (Å²) in [6, 6.07) is 3.78. The third-order valence-electron chi connectivity index (χ3n) is 2.63. The van der Waals surface area contributed by atoms with Gasteiger partial charge in [-0.15, -0.1) is 23.4 Å². The van der Waals surface area contributed by atoms with Gasteiger partial charge >= 0.3 is 0 Å². The Morgan fingerprint density at radius 2 is 2.05 bits per heavy atom. The quantitative estimate of drug-likeness (QED) is 0.423. The first-order valence-electron chi connectivity index (χ1n) is 6.22. The summed E-state index contributed by atoms with van der Waals surface area (Å²) >= 11 is 13.6. The summed E-state index contributed by atoms with van der Waals surface area (Å²) in [7, 11) is 0. The van der Waals surface area contributed by atoms with Crippen LogP contribution >= 0.6 is 35.0 Å². The normalized spacial score (nSPS) is 12.3. The molecule has 1 aromatic heterocycles. The van der Waals surface area contributed by atoms with Gasteiger partial charge in [-0.05, 0) is 24.3 Å². The van der Waals surface area contributed by atoms with Gasteiger partial charge in [0, 0.05) is 11.3 Å². The summed E-state index contributed by atoms with van der Waals surface area (Å²) in [5, 5.41) is 0.712. The van der Waals surface area contributed by atoms with Crippen LogP contribution in [0, 0.1) is 0 Å². The van der Waals surface area contributed by atoms with Crippen LogP contribution in [0.25, 0.3) is 11.1 Å². The fraction of sp³-hybridized carbons (Fsp3) is 0.500. The second-order valence-corrected chi connectivity index (χ2v) is 7.28. The van der Waals surface area contributed by atoms with E-state index in [2.05, 4.69) is 25.8 Å². The van der Waals surface area contributed by atoms with Crippen molar-refractivity contribution in [3.8, 4) is 0 Å². The summed E-state index contributed by atoms with van der Waals surface area (Å²) in [6.07, 6.45) is 0.944. The third-order valence-corrected chi connectivity index (χ3v) is 4.51. The van der Waals surface area contributed by atoms with E-state index in [-0.39, 0.29) is 5.41 Å². The maximum absolute atomic E-state index is 6.26. The number of benzene rings is 1. The molecule has 0 aliphatic heterocycles. The molecular formula is C14H17Cl2NOS. The average molecular weight is 318 g/mol. The van der Waals surface area contributed by atoms with E-state index in [0.29, 0.717) is 10.9 Å². The summed E-state index contributed by atoms with van der Waals surface area (Å²) in [5.41, 5.74) is 1.54. The Bertz CT molecular complexity index is 575. The number of hydrogen-bond acceptors (Lipinski definition) is 3. The molecular weight excluding hydrogens is 301 g/mol. The Morgan fingerprint density at radius 3 is 2.68 bits per heavy atom. The minimum atomic E-state index is -0.108. The first-order chi connectivity index (χ1) is 8.93. The van der Waals surface area contributed by atoms with E-state index < -0.39 is 0 Å². The van der Waals surface area contributed by atoms with Gasteiger partial charge < -0.3 is 4.42 Å². The molecule has 104 valence electrons. The monoisotopic (exact) mass is 317 g/mol. The molecule has 0 radical (unpaired) electrons. The van der Waals surface area contributed by atoms with E-state index in [1.165, 1.54) is 0 Å². The zero-order chi connectivity index (χ0) is 14.0. The zero-order valence-electron chi connectivity index (χ0n) is 11.3. The second kappa shape index (κ2) is 5.94. The topological polar surface area (TPSA) is 26.0 Å². The number of hydrogen-bond donors (Lipinski definition) is 0. The van der Waals surface area contributed by atoms with E-state index in [9.17, 15) is 0 Å². The lowest BCUT2D eigenvalue weighted by molar-refractivity contribution is 0.409. The number of fused-ring (bicyclic) bond motifs is 1. The first kappa shape index (κ1) is 15.0. The molecule has 2 aromatic rings. The van der Waals surface area contributed by atoms with Crippen LogP contribution < -0.4 is 0 Å². The first-order valence-corrected chi connectivity index (χ1v) is 8.11. The lowest BCUT2D eigenvalue weighted by Crippen LogP contribution is -2.10. The number of thioether (sulfide) groups is 1. The maximum Gasteiger partial charge on any atom is 0.200 e. The number of halogens is 2. The van der Waals surface area contributed by atoms with Crippen molar-refractivity contribution in [3.05, 3.63) is 23.0 Å². The standard InChI is InChI=1S/C14H17Cl2NOS/c1-14(2,3)13-17-10-6-5-9(16)12(11(10)18-13)19-8-4-7-15/h5-6H,4,7-8H2,1-3H3. The van der Waals surface area contributed by atoms with Gasteiger partial charge in [0.1, 0.15) is 5.52 Å². The van der Waals surface area contributed by atoms with Crippen molar-refractivity contribution < 1.29 is 4.42 Å². The van der Waals surface area contributed by atoms with Crippen molar-refractivity contribution in [2.75, 3.05) is 11.6 Å². The minimum Gasteiger partial charge on any atom is -0.439 e. The van der Waals surface area contributed by atoms with Crippen molar-refractivity contribution >= 4 is 46.1 Å². The molecule has 5 heteroatoms. The van der Waals surface area contributed by atoms with Crippen molar-refractivity contribution in [1.29, 1.82) is 0 Å². The molecule has 0 saturated carbocycles. The van der Waals surface area contributed by atoms with Gasteiger partial charge in [-0.2, -0.15) is 0 Å². The highest BCUT2D eigenvalue weighted by molar-refractivity contribution is 7.99. The Labute approximate surface area is 127 Å². The van der Waals surface area contributed by atoms with Gasteiger partial charge in [0.25, 0.3) is 0 Å². The molecule has 0 bridgehead atoms. The van der Waals surface area contributed by atoms with E-state index in [4.69, 9.17) is 27.6 Å². The lowest BCUT2D eigenvalue weighted by Gasteiger charge is -2.11. The highest BCUT2D eigenvalue weighted by Crippen LogP contribution is 2.37. The van der Waals surface area contributed by atoms with Gasteiger partial charge in [0.2, 0.25) is 5.89 Å². The molecule has 0 unspecified atom stereocenters. The predicted molar refractivity (Wildman–Crippen MR) is 83.8 cm³/mol. The highest BCUT2D eigenvalue weighted by Gasteiger charge is 2.22. The minimum absolute atomic E-state index is 0.108. The van der Waals surface area contributed by atoms with Crippen LogP contribution in [0.1, 0.15) is 33.1 Å². The maximum atomic E-state index is 6.26. The van der Waals surface area contributed by atoms with Crippen molar-refractivity contribution in [2.45, 2.75) is 37.5 Å². The summed E-state index contributed by atoms with van der Waals surface area (Å²) in [4.78, 5) is 5.51. The predicted octanol–water partition coefficient (Wildman–Crippen LogP) is 5.50. The molecule has 0 aliphatic carbocycles. The van der Waals surface area contributed by atoms with Crippen LogP contribution in [-0.2, 0) is 5.41 Å². The Kier molecular flexibility index (Phi) is 4.70. The average Bonchev–Trinajstić information content (AvgIpc) is 2.76. The molecule has 1 aromatic carbocycles. The van der Waals surface area contributed by atoms with Crippen LogP contribution in [-0.4, -0.2) is 16.6 Å². The van der Waals surface area contributed by atoms with Crippen LogP contribution in [0.15, 0.2) is 21.4 Å². The summed E-state index contributed by atoms with van der Waals surface area (Å²) < 4.78 is 5.93. The number of nitrogens with zero attached hydrogens (tertiary/aromatic N) is 1. The molecule has 2 nitrogen and oxygen atoms in total. The summed E-state index contributed by atoms with van der Waals surface area (Å²) in [6.45, 7) is 6.25. The number of alkyl halides is 1. The van der Waals surface area contributed by atoms with Crippen LogP contribution in [0.3, 0.4) is 0 Å². The van der Waals surface area contributed by atoms with Crippen LogP contribution in [0.5, 0.6) is 0 Å². The number of oxazole rings is 1. The van der Waals surface area contributed by atoms with E-state index in [1.807, 2.05) is 12.1 Å². The molecule has 0 aliphatic rings. The Morgan fingerprint density at radius 1 is 1.32 bits per heavy atom. The van der Waals surface area contributed by atoms with E-state index in [1.54, 1.807) is 11.8 Å². The Balaban J connectivity index is 2.43. The number of aromatic nitrogens is 1. The summed E-state index contributed by atoms with van der Waals surface area (Å²) in [5.74, 6) is 2.32. The molecule has 0 fully saturated rings. The fourth-order valence-corrected chi connectivity index (χ4v) is 3.21. The zero-order valence-corrected chi connectivity index (χ0v) is 13.6. The van der Waals surface area contributed by atoms with Crippen LogP contribution in [0.2, 0.25) is 5.02 Å². The SMILES string of the molecule is CC(C)(C)c1nc2ccc(Cl)c(SCCCCl)c2o1. The highest BCUT2D eigenvalue weighted by atomic mass is 35.5. The lowest BCUT2D eigenvalue weighted by atomic mass is 9.97. The second-order valence-electron chi connectivity index (χ2n) is 5.38. The molecule has 0 spiro atoms. The third kappa shape index (κ3) is 3.39. The molecule has 1 heterocycles. The Hall–Kier alpha value is -0.380. The molecule has 19 heavy (non-hydrogen) atoms. The van der Waals surface area contributed by atoms with Gasteiger partial charge in [-0.25, -0.2) is 4.98 Å².